The van der Waals surface area contributed by atoms with Crippen molar-refractivity contribution >= 4 is 29.5 Å². The molecule has 0 aromatic heterocycles. The Morgan fingerprint density at radius 2 is 1.93 bits per heavy atom. The Labute approximate surface area is 259 Å². The number of hydrogen-bond donors (Lipinski definition) is 2. The average Bonchev–Trinajstić information content (AvgIpc) is 3.42. The lowest BCUT2D eigenvalue weighted by Crippen LogP contribution is -2.33. The smallest absolute Gasteiger partial charge is 0.414 e. The summed E-state index contributed by atoms with van der Waals surface area (Å²) < 4.78 is 25.9. The number of nitrogens with one attached hydrogen (secondary N) is 2. The number of anilines is 1. The lowest BCUT2D eigenvalue weighted by Gasteiger charge is -2.16. The molecule has 2 atom stereocenters. The number of aliphatic imine (C=N–C) groups is 1. The van der Waals surface area contributed by atoms with Gasteiger partial charge in [-0.1, -0.05) is 45.9 Å². The lowest BCUT2D eigenvalue weighted by molar-refractivity contribution is -0.119. The van der Waals surface area contributed by atoms with Crippen molar-refractivity contribution in [2.75, 3.05) is 45.2 Å². The minimum Gasteiger partial charge on any atom is -0.501 e. The van der Waals surface area contributed by atoms with Crippen LogP contribution in [0.2, 0.25) is 0 Å². The summed E-state index contributed by atoms with van der Waals surface area (Å²) in [5, 5.41) is 6.05. The second-order valence-corrected chi connectivity index (χ2v) is 8.80. The van der Waals surface area contributed by atoms with E-state index in [1.807, 2.05) is 46.1 Å². The van der Waals surface area contributed by atoms with Crippen molar-refractivity contribution in [2.24, 2.45) is 10.9 Å². The van der Waals surface area contributed by atoms with E-state index >= 15 is 4.39 Å². The molecule has 2 rings (SSSR count). The zero-order valence-corrected chi connectivity index (χ0v) is 27.4. The molecule has 0 spiro atoms. The number of ether oxygens (including phenoxy) is 2. The summed E-state index contributed by atoms with van der Waals surface area (Å²) >= 11 is 0. The minimum atomic E-state index is -0.569. The summed E-state index contributed by atoms with van der Waals surface area (Å²) in [6.45, 7) is 17.2. The molecule has 1 fully saturated rings. The zero-order chi connectivity index (χ0) is 33.2. The maximum absolute atomic E-state index is 15.2. The van der Waals surface area contributed by atoms with Crippen LogP contribution in [-0.4, -0.2) is 64.7 Å². The van der Waals surface area contributed by atoms with Crippen molar-refractivity contribution in [3.63, 3.8) is 0 Å². The standard InChI is InChI=1S/C28H39FN4O4.2C2H6.C2H2/c1-6-22(13-15-30-4)17-31-14-9-7-8-10-25(20(2)36-5)26-12-11-23(16-27(26)29)33-19-24(37-28(33)35)18-32-21(3)34;3*1-2/h6-8,11-12,15-16,22,24,31H,1,9-10,13-14,17-19H2,2-5H3,(H,32,34);2*1-2H3;1-2H/b8-7-,25-20-,30-15?;;;. The fourth-order valence-electron chi connectivity index (χ4n) is 3.88. The number of carbonyl (C=O) groups excluding carboxylic acids is 2. The highest BCUT2D eigenvalue weighted by Gasteiger charge is 2.32. The van der Waals surface area contributed by atoms with Gasteiger partial charge in [0.25, 0.3) is 0 Å². The van der Waals surface area contributed by atoms with Gasteiger partial charge >= 0.3 is 6.09 Å². The number of benzene rings is 1. The van der Waals surface area contributed by atoms with E-state index in [1.54, 1.807) is 33.2 Å². The van der Waals surface area contributed by atoms with Gasteiger partial charge in [0.1, 0.15) is 11.9 Å². The summed E-state index contributed by atoms with van der Waals surface area (Å²) in [6.07, 6.45) is 17.1. The van der Waals surface area contributed by atoms with Gasteiger partial charge in [0.15, 0.2) is 0 Å². The van der Waals surface area contributed by atoms with Gasteiger partial charge in [-0.25, -0.2) is 9.18 Å². The summed E-state index contributed by atoms with van der Waals surface area (Å²) in [5.41, 5.74) is 1.55. The molecule has 1 heterocycles. The second-order valence-electron chi connectivity index (χ2n) is 8.80. The first-order chi connectivity index (χ1) is 20.8. The van der Waals surface area contributed by atoms with E-state index in [9.17, 15) is 9.59 Å². The van der Waals surface area contributed by atoms with E-state index in [0.29, 0.717) is 29.3 Å². The number of methoxy groups -OCH3 is 1. The monoisotopic (exact) mass is 600 g/mol. The van der Waals surface area contributed by atoms with E-state index < -0.39 is 18.0 Å². The molecule has 240 valence electrons. The highest BCUT2D eigenvalue weighted by Crippen LogP contribution is 2.30. The minimum absolute atomic E-state index is 0.206. The fourth-order valence-corrected chi connectivity index (χ4v) is 3.88. The Hall–Kier alpha value is -3.90. The van der Waals surface area contributed by atoms with Gasteiger partial charge in [-0.3, -0.25) is 9.69 Å². The van der Waals surface area contributed by atoms with Gasteiger partial charge in [-0.15, -0.1) is 19.4 Å². The van der Waals surface area contributed by atoms with E-state index in [-0.39, 0.29) is 19.0 Å². The first kappa shape index (κ1) is 41.2. The summed E-state index contributed by atoms with van der Waals surface area (Å²) in [7, 11) is 3.33. The molecular weight excluding hydrogens is 547 g/mol. The molecule has 0 bridgehead atoms. The Bertz CT molecular complexity index is 1070. The van der Waals surface area contributed by atoms with Crippen LogP contribution in [0.1, 0.15) is 66.4 Å². The van der Waals surface area contributed by atoms with Crippen molar-refractivity contribution in [3.8, 4) is 12.8 Å². The Morgan fingerprint density at radius 3 is 2.49 bits per heavy atom. The normalized spacial score (nSPS) is 15.1. The van der Waals surface area contributed by atoms with Crippen molar-refractivity contribution < 1.29 is 23.5 Å². The number of hydrogen-bond acceptors (Lipinski definition) is 6. The predicted octanol–water partition coefficient (Wildman–Crippen LogP) is 6.79. The second kappa shape index (κ2) is 25.8. The van der Waals surface area contributed by atoms with Gasteiger partial charge in [0, 0.05) is 31.7 Å². The highest BCUT2D eigenvalue weighted by atomic mass is 19.1. The first-order valence-electron chi connectivity index (χ1n) is 14.8. The molecule has 8 nitrogen and oxygen atoms in total. The van der Waals surface area contributed by atoms with Gasteiger partial charge in [-0.2, -0.15) is 0 Å². The van der Waals surface area contributed by atoms with Crippen molar-refractivity contribution in [1.82, 2.24) is 10.6 Å². The molecule has 2 unspecified atom stereocenters. The third-order valence-electron chi connectivity index (χ3n) is 6.08. The molecule has 0 aliphatic carbocycles. The number of halogens is 1. The number of rotatable bonds is 15. The van der Waals surface area contributed by atoms with Gasteiger partial charge in [0.2, 0.25) is 5.91 Å². The molecule has 2 amide bonds. The van der Waals surface area contributed by atoms with E-state index in [0.717, 1.165) is 31.5 Å². The third kappa shape index (κ3) is 15.8. The third-order valence-corrected chi connectivity index (χ3v) is 6.08. The molecule has 1 aliphatic rings. The van der Waals surface area contributed by atoms with Gasteiger partial charge in [-0.05, 0) is 63.1 Å². The number of amides is 2. The summed E-state index contributed by atoms with van der Waals surface area (Å²) in [5.74, 6) is 0.310. The van der Waals surface area contributed by atoms with E-state index in [2.05, 4.69) is 41.1 Å². The van der Waals surface area contributed by atoms with Gasteiger partial charge < -0.3 is 25.1 Å². The topological polar surface area (TPSA) is 92.3 Å². The molecule has 2 N–H and O–H groups in total. The van der Waals surface area contributed by atoms with E-state index in [1.165, 1.54) is 17.9 Å². The van der Waals surface area contributed by atoms with Crippen LogP contribution in [-0.2, 0) is 14.3 Å². The molecule has 1 saturated heterocycles. The zero-order valence-electron chi connectivity index (χ0n) is 27.4. The Balaban J connectivity index is 0. The van der Waals surface area contributed by atoms with Crippen molar-refractivity contribution in [2.45, 2.75) is 66.9 Å². The number of carbonyl (C=O) groups is 2. The van der Waals surface area contributed by atoms with Crippen LogP contribution in [0.15, 0.2) is 53.8 Å². The number of allylic oxidation sites excluding steroid dienone is 3. The Morgan fingerprint density at radius 1 is 1.26 bits per heavy atom. The van der Waals surface area contributed by atoms with Crippen LogP contribution < -0.4 is 15.5 Å². The number of cyclic esters (lactones) is 1. The van der Waals surface area contributed by atoms with Crippen LogP contribution in [0.5, 0.6) is 0 Å². The van der Waals surface area contributed by atoms with Crippen LogP contribution >= 0.6 is 0 Å². The number of terminal acetylenes is 1. The molecule has 1 aliphatic heterocycles. The Kier molecular flexibility index (Phi) is 24.7. The van der Waals surface area contributed by atoms with Crippen molar-refractivity contribution in [3.05, 3.63) is 60.1 Å². The number of nitrogens with zero attached hydrogens (tertiary/aromatic N) is 2. The average molecular weight is 601 g/mol. The molecular formula is C34H53FN4O4. The lowest BCUT2D eigenvalue weighted by atomic mass is 9.99. The summed E-state index contributed by atoms with van der Waals surface area (Å²) in [4.78, 5) is 28.8. The molecule has 1 aromatic rings. The molecule has 9 heteroatoms. The van der Waals surface area contributed by atoms with Crippen LogP contribution in [0, 0.1) is 24.6 Å². The van der Waals surface area contributed by atoms with Crippen molar-refractivity contribution in [1.29, 1.82) is 0 Å². The van der Waals surface area contributed by atoms with Crippen LogP contribution in [0.4, 0.5) is 14.9 Å². The quantitative estimate of drug-likeness (QED) is 0.0761. The fraction of sp³-hybridized carbons (Fsp3) is 0.500. The summed E-state index contributed by atoms with van der Waals surface area (Å²) in [6, 6.07) is 4.67. The predicted molar refractivity (Wildman–Crippen MR) is 179 cm³/mol. The van der Waals surface area contributed by atoms with Crippen LogP contribution in [0.3, 0.4) is 0 Å². The molecule has 1 aromatic carbocycles. The molecule has 0 radical (unpaired) electrons. The molecule has 0 saturated carbocycles. The highest BCUT2D eigenvalue weighted by molar-refractivity contribution is 5.90. The van der Waals surface area contributed by atoms with Gasteiger partial charge in [0.05, 0.1) is 31.6 Å². The largest absolute Gasteiger partial charge is 0.501 e. The SMILES string of the molecule is C#C.C=CC(CC=NC)CNCC/C=C\C/C(=C(\C)OC)c1ccc(N2CC(CNC(C)=O)OC2=O)cc1F.CC.CC. The first-order valence-corrected chi connectivity index (χ1v) is 14.8. The maximum atomic E-state index is 15.2. The molecule has 43 heavy (non-hydrogen) atoms. The maximum Gasteiger partial charge on any atom is 0.414 e. The van der Waals surface area contributed by atoms with E-state index in [4.69, 9.17) is 9.47 Å². The van der Waals surface area contributed by atoms with Crippen LogP contribution in [0.25, 0.3) is 5.57 Å².